The largest absolute Gasteiger partial charge is 0.494 e. The fourth-order valence-electron chi connectivity index (χ4n) is 1.82. The Labute approximate surface area is 136 Å². The van der Waals surface area contributed by atoms with Gasteiger partial charge in [-0.25, -0.2) is 0 Å². The van der Waals surface area contributed by atoms with Crippen molar-refractivity contribution < 1.29 is 38.5 Å². The minimum absolute atomic E-state index is 0.211. The van der Waals surface area contributed by atoms with Crippen molar-refractivity contribution in [3.05, 3.63) is 24.4 Å². The highest BCUT2D eigenvalue weighted by Gasteiger charge is 2.39. The van der Waals surface area contributed by atoms with Crippen LogP contribution in [0.15, 0.2) is 24.4 Å². The van der Waals surface area contributed by atoms with Crippen molar-refractivity contribution in [3.63, 3.8) is 0 Å². The predicted octanol–water partition coefficient (Wildman–Crippen LogP) is 1.73. The van der Waals surface area contributed by atoms with E-state index in [2.05, 4.69) is 0 Å². The summed E-state index contributed by atoms with van der Waals surface area (Å²) in [7, 11) is 1.52. The van der Waals surface area contributed by atoms with E-state index in [0.717, 1.165) is 0 Å². The summed E-state index contributed by atoms with van der Waals surface area (Å²) in [5.74, 6) is 0.428. The number of hydrogen-bond donors (Lipinski definition) is 0. The second kappa shape index (κ2) is 12.1. The topological polar surface area (TPSA) is 73.8 Å². The van der Waals surface area contributed by atoms with E-state index >= 15 is 0 Å². The van der Waals surface area contributed by atoms with Crippen LogP contribution in [0.5, 0.6) is 0 Å². The third-order valence-electron chi connectivity index (χ3n) is 2.88. The Balaban J connectivity index is 2.58. The van der Waals surface area contributed by atoms with Gasteiger partial charge in [-0.3, -0.25) is 0 Å². The lowest BCUT2D eigenvalue weighted by atomic mass is 10.0. The molecule has 0 saturated carbocycles. The number of methoxy groups -OCH3 is 1. The maximum absolute atomic E-state index is 5.89. The molecule has 134 valence electrons. The van der Waals surface area contributed by atoms with E-state index in [4.69, 9.17) is 38.5 Å². The molecule has 0 saturated heterocycles. The second-order valence-electron chi connectivity index (χ2n) is 4.52. The van der Waals surface area contributed by atoms with Gasteiger partial charge in [0, 0.05) is 6.61 Å². The molecule has 0 aromatic heterocycles. The second-order valence-corrected chi connectivity index (χ2v) is 4.52. The van der Waals surface area contributed by atoms with Crippen molar-refractivity contribution in [1.29, 1.82) is 0 Å². The molecule has 0 spiro atoms. The Bertz CT molecular complexity index is 357. The molecule has 8 heteroatoms. The number of hydrogen-bond acceptors (Lipinski definition) is 8. The van der Waals surface area contributed by atoms with Crippen LogP contribution in [-0.4, -0.2) is 59.0 Å². The van der Waals surface area contributed by atoms with Gasteiger partial charge in [0.05, 0.1) is 33.5 Å². The van der Waals surface area contributed by atoms with Crippen molar-refractivity contribution in [3.8, 4) is 0 Å². The van der Waals surface area contributed by atoms with Crippen LogP contribution in [0.1, 0.15) is 13.8 Å². The highest BCUT2D eigenvalue weighted by Crippen LogP contribution is 2.25. The smallest absolute Gasteiger partial charge is 0.174 e. The molecule has 1 aliphatic heterocycles. The predicted molar refractivity (Wildman–Crippen MR) is 80.0 cm³/mol. The first-order valence-electron chi connectivity index (χ1n) is 7.51. The van der Waals surface area contributed by atoms with E-state index in [9.17, 15) is 0 Å². The standard InChI is InChI=1S/C15H26O8/c1-4-6-20-21-9-7-18-13-15(12-17-5-2)14(16-3)11-23-22-10-8-19-15/h4,6,11H,5,7-10,12-13H2,1-3H3/b6-4+,14-11?. The van der Waals surface area contributed by atoms with E-state index in [1.54, 1.807) is 6.08 Å². The van der Waals surface area contributed by atoms with Crippen LogP contribution in [0.2, 0.25) is 0 Å². The third kappa shape index (κ3) is 7.19. The highest BCUT2D eigenvalue weighted by molar-refractivity contribution is 5.10. The molecule has 8 nitrogen and oxygen atoms in total. The van der Waals surface area contributed by atoms with Gasteiger partial charge in [0.15, 0.2) is 17.6 Å². The molecular weight excluding hydrogens is 308 g/mol. The molecular formula is C15H26O8. The van der Waals surface area contributed by atoms with Gasteiger partial charge in [0.25, 0.3) is 0 Å². The molecule has 23 heavy (non-hydrogen) atoms. The summed E-state index contributed by atoms with van der Waals surface area (Å²) in [6.45, 7) is 5.96. The molecule has 1 aliphatic rings. The summed E-state index contributed by atoms with van der Waals surface area (Å²) in [6, 6.07) is 0. The number of rotatable bonds is 11. The molecule has 0 aromatic rings. The quantitative estimate of drug-likeness (QED) is 0.245. The summed E-state index contributed by atoms with van der Waals surface area (Å²) in [4.78, 5) is 19.5. The normalized spacial score (nSPS) is 22.1. The maximum Gasteiger partial charge on any atom is 0.174 e. The lowest BCUT2D eigenvalue weighted by Gasteiger charge is -2.34. The molecule has 0 aliphatic carbocycles. The Morgan fingerprint density at radius 2 is 2.04 bits per heavy atom. The summed E-state index contributed by atoms with van der Waals surface area (Å²) in [5, 5.41) is 0. The zero-order valence-corrected chi connectivity index (χ0v) is 13.9. The Morgan fingerprint density at radius 1 is 1.22 bits per heavy atom. The average Bonchev–Trinajstić information content (AvgIpc) is 2.55. The molecule has 0 amide bonds. The van der Waals surface area contributed by atoms with Crippen LogP contribution >= 0.6 is 0 Å². The van der Waals surface area contributed by atoms with Crippen LogP contribution in [0.3, 0.4) is 0 Å². The molecule has 1 unspecified atom stereocenters. The van der Waals surface area contributed by atoms with Crippen LogP contribution in [0, 0.1) is 0 Å². The molecule has 0 bridgehead atoms. The first-order chi connectivity index (χ1) is 11.3. The number of allylic oxidation sites excluding steroid dienone is 1. The summed E-state index contributed by atoms with van der Waals surface area (Å²) < 4.78 is 22.4. The van der Waals surface area contributed by atoms with Crippen molar-refractivity contribution in [1.82, 2.24) is 0 Å². The molecule has 0 fully saturated rings. The fourth-order valence-corrected chi connectivity index (χ4v) is 1.82. The van der Waals surface area contributed by atoms with E-state index in [0.29, 0.717) is 32.2 Å². The summed E-state index contributed by atoms with van der Waals surface area (Å²) >= 11 is 0. The summed E-state index contributed by atoms with van der Waals surface area (Å²) in [5.41, 5.74) is -0.904. The van der Waals surface area contributed by atoms with E-state index in [1.807, 2.05) is 13.8 Å². The van der Waals surface area contributed by atoms with Crippen LogP contribution < -0.4 is 0 Å². The van der Waals surface area contributed by atoms with Crippen LogP contribution in [0.4, 0.5) is 0 Å². The van der Waals surface area contributed by atoms with Crippen molar-refractivity contribution in [2.24, 2.45) is 0 Å². The van der Waals surface area contributed by atoms with E-state index in [-0.39, 0.29) is 19.8 Å². The molecule has 0 N–H and O–H groups in total. The van der Waals surface area contributed by atoms with E-state index < -0.39 is 5.60 Å². The third-order valence-corrected chi connectivity index (χ3v) is 2.88. The molecule has 1 rings (SSSR count). The maximum atomic E-state index is 5.89. The molecule has 0 radical (unpaired) electrons. The highest BCUT2D eigenvalue weighted by atomic mass is 17.2. The van der Waals surface area contributed by atoms with Gasteiger partial charge in [-0.1, -0.05) is 0 Å². The first-order valence-corrected chi connectivity index (χ1v) is 7.51. The molecule has 1 heterocycles. The zero-order chi connectivity index (χ0) is 16.8. The Hall–Kier alpha value is -1.32. The Kier molecular flexibility index (Phi) is 10.4. The van der Waals surface area contributed by atoms with Gasteiger partial charge in [0.2, 0.25) is 0 Å². The first kappa shape index (κ1) is 19.7. The van der Waals surface area contributed by atoms with Crippen LogP contribution in [0.25, 0.3) is 0 Å². The molecule has 0 aromatic carbocycles. The van der Waals surface area contributed by atoms with Crippen LogP contribution in [-0.2, 0) is 38.5 Å². The van der Waals surface area contributed by atoms with Crippen molar-refractivity contribution in [2.75, 3.05) is 53.4 Å². The van der Waals surface area contributed by atoms with Gasteiger partial charge in [-0.15, -0.1) is 0 Å². The van der Waals surface area contributed by atoms with Crippen molar-refractivity contribution in [2.45, 2.75) is 19.4 Å². The van der Waals surface area contributed by atoms with E-state index in [1.165, 1.54) is 19.6 Å². The zero-order valence-electron chi connectivity index (χ0n) is 13.9. The van der Waals surface area contributed by atoms with Gasteiger partial charge < -0.3 is 28.7 Å². The summed E-state index contributed by atoms with van der Waals surface area (Å²) in [6.07, 6.45) is 4.52. The average molecular weight is 334 g/mol. The minimum Gasteiger partial charge on any atom is -0.494 e. The minimum atomic E-state index is -0.904. The molecule has 1 atom stereocenters. The van der Waals surface area contributed by atoms with Crippen molar-refractivity contribution >= 4 is 0 Å². The van der Waals surface area contributed by atoms with Gasteiger partial charge >= 0.3 is 0 Å². The fraction of sp³-hybridized carbons (Fsp3) is 0.733. The lowest BCUT2D eigenvalue weighted by molar-refractivity contribution is -0.279. The lowest BCUT2D eigenvalue weighted by Crippen LogP contribution is -2.47. The van der Waals surface area contributed by atoms with Gasteiger partial charge in [0.1, 0.15) is 19.5 Å². The SMILES string of the molecule is C/C=C/OOCCOCC1(COCC)OCCOOC=C1OC. The number of ether oxygens (including phenoxy) is 4. The van der Waals surface area contributed by atoms with Gasteiger partial charge in [-0.2, -0.15) is 9.78 Å². The monoisotopic (exact) mass is 334 g/mol. The Morgan fingerprint density at radius 3 is 2.78 bits per heavy atom. The van der Waals surface area contributed by atoms with Gasteiger partial charge in [-0.05, 0) is 19.9 Å².